The Hall–Kier alpha value is -1.23. The van der Waals surface area contributed by atoms with E-state index in [0.29, 0.717) is 0 Å². The second-order valence-electron chi connectivity index (χ2n) is 7.04. The van der Waals surface area contributed by atoms with Crippen LogP contribution in [0, 0.1) is 19.7 Å². The van der Waals surface area contributed by atoms with Gasteiger partial charge in [0, 0.05) is 30.7 Å². The Morgan fingerprint density at radius 1 is 1.12 bits per heavy atom. The predicted octanol–water partition coefficient (Wildman–Crippen LogP) is 5.39. The molecule has 0 saturated carbocycles. The van der Waals surface area contributed by atoms with Gasteiger partial charge in [-0.25, -0.2) is 4.39 Å². The van der Waals surface area contributed by atoms with Gasteiger partial charge in [0.1, 0.15) is 5.82 Å². The molecule has 1 fully saturated rings. The Morgan fingerprint density at radius 2 is 1.96 bits per heavy atom. The van der Waals surface area contributed by atoms with Crippen molar-refractivity contribution in [3.63, 3.8) is 0 Å². The SMILES string of the molecule is Cc1cc(F)cc(CN(Cc2ccc(C)cc2Br)CC2CCCO2)c1. The number of nitrogens with zero attached hydrogens (tertiary/aromatic N) is 1. The third-order valence-electron chi connectivity index (χ3n) is 4.60. The van der Waals surface area contributed by atoms with Crippen LogP contribution in [0.3, 0.4) is 0 Å². The molecule has 25 heavy (non-hydrogen) atoms. The highest BCUT2D eigenvalue weighted by atomic mass is 79.9. The van der Waals surface area contributed by atoms with Gasteiger partial charge in [-0.1, -0.05) is 34.1 Å². The highest BCUT2D eigenvalue weighted by molar-refractivity contribution is 9.10. The molecule has 4 heteroatoms. The predicted molar refractivity (Wildman–Crippen MR) is 103 cm³/mol. The number of hydrogen-bond acceptors (Lipinski definition) is 2. The Morgan fingerprint density at radius 3 is 2.64 bits per heavy atom. The normalized spacial score (nSPS) is 17.4. The van der Waals surface area contributed by atoms with Crippen molar-refractivity contribution in [1.82, 2.24) is 4.90 Å². The van der Waals surface area contributed by atoms with Gasteiger partial charge >= 0.3 is 0 Å². The van der Waals surface area contributed by atoms with Crippen LogP contribution in [0.5, 0.6) is 0 Å². The van der Waals surface area contributed by atoms with E-state index in [9.17, 15) is 4.39 Å². The van der Waals surface area contributed by atoms with Crippen molar-refractivity contribution < 1.29 is 9.13 Å². The van der Waals surface area contributed by atoms with E-state index in [4.69, 9.17) is 4.74 Å². The van der Waals surface area contributed by atoms with Crippen LogP contribution >= 0.6 is 15.9 Å². The fraction of sp³-hybridized carbons (Fsp3) is 0.429. The number of ether oxygens (including phenoxy) is 1. The van der Waals surface area contributed by atoms with Crippen molar-refractivity contribution in [3.8, 4) is 0 Å². The highest BCUT2D eigenvalue weighted by Crippen LogP contribution is 2.23. The van der Waals surface area contributed by atoms with Crippen molar-refractivity contribution >= 4 is 15.9 Å². The fourth-order valence-electron chi connectivity index (χ4n) is 3.44. The first-order chi connectivity index (χ1) is 12.0. The lowest BCUT2D eigenvalue weighted by Crippen LogP contribution is -2.31. The number of halogens is 2. The van der Waals surface area contributed by atoms with Crippen molar-refractivity contribution in [2.75, 3.05) is 13.2 Å². The number of rotatable bonds is 6. The van der Waals surface area contributed by atoms with Crippen LogP contribution in [0.4, 0.5) is 4.39 Å². The molecule has 1 heterocycles. The van der Waals surface area contributed by atoms with Crippen molar-refractivity contribution in [1.29, 1.82) is 0 Å². The molecule has 1 atom stereocenters. The molecule has 1 aliphatic heterocycles. The molecule has 3 rings (SSSR count). The molecule has 2 aromatic rings. The molecular formula is C21H25BrFNO. The van der Waals surface area contributed by atoms with Gasteiger partial charge in [-0.2, -0.15) is 0 Å². The van der Waals surface area contributed by atoms with E-state index >= 15 is 0 Å². The van der Waals surface area contributed by atoms with E-state index in [1.807, 2.05) is 6.92 Å². The van der Waals surface area contributed by atoms with Crippen LogP contribution in [0.2, 0.25) is 0 Å². The van der Waals surface area contributed by atoms with Crippen LogP contribution in [0.25, 0.3) is 0 Å². The molecule has 2 aromatic carbocycles. The monoisotopic (exact) mass is 405 g/mol. The quantitative estimate of drug-likeness (QED) is 0.638. The number of benzene rings is 2. The second kappa shape index (κ2) is 8.43. The van der Waals surface area contributed by atoms with E-state index in [1.165, 1.54) is 11.1 Å². The Kier molecular flexibility index (Phi) is 6.26. The molecule has 0 radical (unpaired) electrons. The van der Waals surface area contributed by atoms with Gasteiger partial charge in [-0.15, -0.1) is 0 Å². The summed E-state index contributed by atoms with van der Waals surface area (Å²) in [6.07, 6.45) is 2.51. The third kappa shape index (κ3) is 5.37. The average molecular weight is 406 g/mol. The molecule has 0 N–H and O–H groups in total. The molecular weight excluding hydrogens is 381 g/mol. The molecule has 0 amide bonds. The maximum Gasteiger partial charge on any atom is 0.123 e. The zero-order valence-electron chi connectivity index (χ0n) is 14.9. The van der Waals surface area contributed by atoms with Crippen molar-refractivity contribution in [3.05, 3.63) is 68.9 Å². The van der Waals surface area contributed by atoms with Gasteiger partial charge in [-0.05, 0) is 67.1 Å². The lowest BCUT2D eigenvalue weighted by Gasteiger charge is -2.26. The number of hydrogen-bond donors (Lipinski definition) is 0. The molecule has 0 aliphatic carbocycles. The highest BCUT2D eigenvalue weighted by Gasteiger charge is 2.20. The van der Waals surface area contributed by atoms with Crippen LogP contribution in [-0.2, 0) is 17.8 Å². The summed E-state index contributed by atoms with van der Waals surface area (Å²) in [4.78, 5) is 2.36. The lowest BCUT2D eigenvalue weighted by atomic mass is 10.1. The fourth-order valence-corrected chi connectivity index (χ4v) is 4.06. The zero-order valence-corrected chi connectivity index (χ0v) is 16.5. The van der Waals surface area contributed by atoms with Crippen molar-refractivity contribution in [2.45, 2.75) is 45.9 Å². The summed E-state index contributed by atoms with van der Waals surface area (Å²) in [5.74, 6) is -0.163. The third-order valence-corrected chi connectivity index (χ3v) is 5.33. The minimum absolute atomic E-state index is 0.163. The Labute approximate surface area is 158 Å². The van der Waals surface area contributed by atoms with E-state index in [1.54, 1.807) is 12.1 Å². The summed E-state index contributed by atoms with van der Waals surface area (Å²) >= 11 is 3.68. The summed E-state index contributed by atoms with van der Waals surface area (Å²) in [7, 11) is 0. The number of aryl methyl sites for hydroxylation is 2. The Bertz CT molecular complexity index is 708. The van der Waals surface area contributed by atoms with E-state index in [0.717, 1.165) is 54.7 Å². The van der Waals surface area contributed by atoms with E-state index in [-0.39, 0.29) is 11.9 Å². The van der Waals surface area contributed by atoms with Crippen LogP contribution < -0.4 is 0 Å². The molecule has 0 spiro atoms. The van der Waals surface area contributed by atoms with Gasteiger partial charge in [0.15, 0.2) is 0 Å². The van der Waals surface area contributed by atoms with Gasteiger partial charge in [0.05, 0.1) is 6.10 Å². The smallest absolute Gasteiger partial charge is 0.123 e. The van der Waals surface area contributed by atoms with Gasteiger partial charge in [0.25, 0.3) is 0 Å². The zero-order chi connectivity index (χ0) is 17.8. The molecule has 1 saturated heterocycles. The first-order valence-electron chi connectivity index (χ1n) is 8.84. The lowest BCUT2D eigenvalue weighted by molar-refractivity contribution is 0.0678. The standard InChI is InChI=1S/C21H25BrFNO/c1-15-5-6-18(21(22)10-15)13-24(14-20-4-3-7-25-20)12-17-8-16(2)9-19(23)11-17/h5-6,8-11,20H,3-4,7,12-14H2,1-2H3. The maximum absolute atomic E-state index is 13.8. The maximum atomic E-state index is 13.8. The van der Waals surface area contributed by atoms with Crippen LogP contribution in [0.15, 0.2) is 40.9 Å². The van der Waals surface area contributed by atoms with Gasteiger partial charge < -0.3 is 4.74 Å². The molecule has 1 unspecified atom stereocenters. The first-order valence-corrected chi connectivity index (χ1v) is 9.64. The first kappa shape index (κ1) is 18.6. The van der Waals surface area contributed by atoms with Crippen molar-refractivity contribution in [2.24, 2.45) is 0 Å². The molecule has 0 aromatic heterocycles. The molecule has 134 valence electrons. The Balaban J connectivity index is 1.78. The largest absolute Gasteiger partial charge is 0.377 e. The van der Waals surface area contributed by atoms with Crippen LogP contribution in [0.1, 0.15) is 35.1 Å². The van der Waals surface area contributed by atoms with E-state index in [2.05, 4.69) is 52.0 Å². The minimum atomic E-state index is -0.163. The summed E-state index contributed by atoms with van der Waals surface area (Å²) in [5.41, 5.74) is 4.46. The van der Waals surface area contributed by atoms with Gasteiger partial charge in [0.2, 0.25) is 0 Å². The summed E-state index contributed by atoms with van der Waals surface area (Å²) in [6.45, 7) is 7.29. The molecule has 0 bridgehead atoms. The van der Waals surface area contributed by atoms with Crippen LogP contribution in [-0.4, -0.2) is 24.2 Å². The van der Waals surface area contributed by atoms with Gasteiger partial charge in [-0.3, -0.25) is 4.90 Å². The molecule has 1 aliphatic rings. The van der Waals surface area contributed by atoms with E-state index < -0.39 is 0 Å². The molecule has 2 nitrogen and oxygen atoms in total. The summed E-state index contributed by atoms with van der Waals surface area (Å²) in [6, 6.07) is 11.7. The topological polar surface area (TPSA) is 12.5 Å². The minimum Gasteiger partial charge on any atom is -0.377 e. The second-order valence-corrected chi connectivity index (χ2v) is 7.89. The summed E-state index contributed by atoms with van der Waals surface area (Å²) < 4.78 is 20.7. The summed E-state index contributed by atoms with van der Waals surface area (Å²) in [5, 5.41) is 0. The average Bonchev–Trinajstić information content (AvgIpc) is 3.02.